The van der Waals surface area contributed by atoms with Crippen molar-refractivity contribution >= 4 is 61.7 Å². The minimum absolute atomic E-state index is 0.0692. The van der Waals surface area contributed by atoms with Gasteiger partial charge in [0.25, 0.3) is 5.91 Å². The minimum atomic E-state index is -3.77. The summed E-state index contributed by atoms with van der Waals surface area (Å²) < 4.78 is 32.3. The average Bonchev–Trinajstić information content (AvgIpc) is 3.34. The highest BCUT2D eigenvalue weighted by atomic mass is 35.5. The molecule has 1 aliphatic heterocycles. The molecule has 2 amide bonds. The third-order valence-electron chi connectivity index (χ3n) is 5.46. The molecule has 1 N–H and O–H groups in total. The Labute approximate surface area is 222 Å². The number of sulfonamides is 1. The molecular formula is C23H22Cl2N4O5S2. The largest absolute Gasteiger partial charge is 0.450 e. The summed E-state index contributed by atoms with van der Waals surface area (Å²) in [5.41, 5.74) is 1.68. The van der Waals surface area contributed by atoms with Gasteiger partial charge >= 0.3 is 6.09 Å². The molecule has 9 nitrogen and oxygen atoms in total. The molecule has 190 valence electrons. The number of nitrogens with zero attached hydrogens (tertiary/aromatic N) is 3. The monoisotopic (exact) mass is 568 g/mol. The van der Waals surface area contributed by atoms with Crippen LogP contribution in [0, 0.1) is 0 Å². The van der Waals surface area contributed by atoms with E-state index in [-0.39, 0.29) is 43.2 Å². The lowest BCUT2D eigenvalue weighted by Gasteiger charge is -2.33. The van der Waals surface area contributed by atoms with Gasteiger partial charge in [0.2, 0.25) is 10.0 Å². The molecule has 0 bridgehead atoms. The zero-order chi connectivity index (χ0) is 25.9. The lowest BCUT2D eigenvalue weighted by molar-refractivity contribution is 0.0933. The van der Waals surface area contributed by atoms with Crippen molar-refractivity contribution in [1.82, 2.24) is 14.2 Å². The normalized spacial score (nSPS) is 14.5. The van der Waals surface area contributed by atoms with Crippen LogP contribution in [0.5, 0.6) is 0 Å². The van der Waals surface area contributed by atoms with Crippen LogP contribution in [0.2, 0.25) is 10.0 Å². The van der Waals surface area contributed by atoms with Gasteiger partial charge < -0.3 is 9.64 Å². The molecule has 36 heavy (non-hydrogen) atoms. The van der Waals surface area contributed by atoms with E-state index in [1.165, 1.54) is 44.8 Å². The summed E-state index contributed by atoms with van der Waals surface area (Å²) in [6.07, 6.45) is -0.450. The van der Waals surface area contributed by atoms with E-state index in [1.54, 1.807) is 30.5 Å². The molecule has 0 saturated carbocycles. The van der Waals surface area contributed by atoms with Gasteiger partial charge in [0, 0.05) is 42.7 Å². The predicted octanol–water partition coefficient (Wildman–Crippen LogP) is 4.83. The van der Waals surface area contributed by atoms with Crippen molar-refractivity contribution in [3.05, 3.63) is 63.5 Å². The zero-order valence-corrected chi connectivity index (χ0v) is 22.3. The number of piperazine rings is 1. The quantitative estimate of drug-likeness (QED) is 0.456. The van der Waals surface area contributed by atoms with Gasteiger partial charge in [-0.25, -0.2) is 18.2 Å². The molecule has 0 atom stereocenters. The van der Waals surface area contributed by atoms with Gasteiger partial charge in [0.05, 0.1) is 27.2 Å². The molecule has 13 heteroatoms. The number of halogens is 2. The van der Waals surface area contributed by atoms with Crippen molar-refractivity contribution in [2.75, 3.05) is 38.1 Å². The van der Waals surface area contributed by atoms with Crippen LogP contribution in [0.3, 0.4) is 0 Å². The molecule has 3 aromatic rings. The standard InChI is InChI=1S/C23H22Cl2N4O5S2/c1-2-34-23(31)28-9-11-29(12-10-28)36(32,33)17-6-3-15(4-7-17)21(30)27-22-26-20(14-35-22)16-5-8-18(24)19(25)13-16/h3-8,13-14H,2,9-12H2,1H3,(H,26,27,30). The maximum Gasteiger partial charge on any atom is 0.409 e. The number of rotatable bonds is 6. The van der Waals surface area contributed by atoms with Crippen LogP contribution >= 0.6 is 34.5 Å². The van der Waals surface area contributed by atoms with Crippen molar-refractivity contribution in [2.45, 2.75) is 11.8 Å². The first kappa shape index (κ1) is 26.4. The van der Waals surface area contributed by atoms with E-state index in [0.717, 1.165) is 5.56 Å². The molecule has 0 aliphatic carbocycles. The predicted molar refractivity (Wildman–Crippen MR) is 139 cm³/mol. The van der Waals surface area contributed by atoms with Crippen molar-refractivity contribution in [3.8, 4) is 11.3 Å². The number of thiazole rings is 1. The Morgan fingerprint density at radius 1 is 1.06 bits per heavy atom. The van der Waals surface area contributed by atoms with E-state index in [2.05, 4.69) is 10.3 Å². The summed E-state index contributed by atoms with van der Waals surface area (Å²) >= 11 is 13.3. The number of aromatic nitrogens is 1. The van der Waals surface area contributed by atoms with E-state index in [4.69, 9.17) is 27.9 Å². The molecular weight excluding hydrogens is 547 g/mol. The SMILES string of the molecule is CCOC(=O)N1CCN(S(=O)(=O)c2ccc(C(=O)Nc3nc(-c4ccc(Cl)c(Cl)c4)cs3)cc2)CC1. The van der Waals surface area contributed by atoms with Gasteiger partial charge in [0.15, 0.2) is 5.13 Å². The fourth-order valence-electron chi connectivity index (χ4n) is 3.54. The molecule has 1 aromatic heterocycles. The summed E-state index contributed by atoms with van der Waals surface area (Å²) in [5.74, 6) is -0.419. The number of anilines is 1. The van der Waals surface area contributed by atoms with Gasteiger partial charge in [-0.1, -0.05) is 29.3 Å². The molecule has 1 saturated heterocycles. The summed E-state index contributed by atoms with van der Waals surface area (Å²) in [6.45, 7) is 2.79. The van der Waals surface area contributed by atoms with Crippen molar-refractivity contribution < 1.29 is 22.7 Å². The maximum absolute atomic E-state index is 13.0. The summed E-state index contributed by atoms with van der Waals surface area (Å²) in [7, 11) is -3.77. The maximum atomic E-state index is 13.0. The average molecular weight is 569 g/mol. The Kier molecular flexibility index (Phi) is 8.16. The van der Waals surface area contributed by atoms with Crippen LogP contribution in [0.4, 0.5) is 9.93 Å². The molecule has 0 spiro atoms. The van der Waals surface area contributed by atoms with Crippen molar-refractivity contribution in [3.63, 3.8) is 0 Å². The zero-order valence-electron chi connectivity index (χ0n) is 19.1. The Morgan fingerprint density at radius 2 is 1.75 bits per heavy atom. The Balaban J connectivity index is 1.39. The van der Waals surface area contributed by atoms with Crippen LogP contribution < -0.4 is 5.32 Å². The first-order valence-electron chi connectivity index (χ1n) is 10.9. The molecule has 1 aliphatic rings. The van der Waals surface area contributed by atoms with Crippen LogP contribution in [0.15, 0.2) is 52.7 Å². The topological polar surface area (TPSA) is 109 Å². The van der Waals surface area contributed by atoms with Gasteiger partial charge in [-0.3, -0.25) is 10.1 Å². The van der Waals surface area contributed by atoms with Gasteiger partial charge in [-0.15, -0.1) is 11.3 Å². The number of carbonyl (C=O) groups is 2. The van der Waals surface area contributed by atoms with Crippen LogP contribution in [-0.2, 0) is 14.8 Å². The van der Waals surface area contributed by atoms with E-state index in [1.807, 2.05) is 0 Å². The third kappa shape index (κ3) is 5.81. The van der Waals surface area contributed by atoms with Gasteiger partial charge in [-0.05, 0) is 43.3 Å². The molecule has 2 aromatic carbocycles. The van der Waals surface area contributed by atoms with E-state index < -0.39 is 22.0 Å². The van der Waals surface area contributed by atoms with E-state index >= 15 is 0 Å². The smallest absolute Gasteiger partial charge is 0.409 e. The van der Waals surface area contributed by atoms with Gasteiger partial charge in [-0.2, -0.15) is 4.31 Å². The number of amides is 2. The second kappa shape index (κ2) is 11.1. The van der Waals surface area contributed by atoms with E-state index in [9.17, 15) is 18.0 Å². The lowest BCUT2D eigenvalue weighted by atomic mass is 10.2. The number of benzene rings is 2. The number of carbonyl (C=O) groups excluding carboxylic acids is 2. The van der Waals surface area contributed by atoms with Crippen molar-refractivity contribution in [1.29, 1.82) is 0 Å². The van der Waals surface area contributed by atoms with E-state index in [0.29, 0.717) is 20.9 Å². The Bertz CT molecular complexity index is 1370. The highest BCUT2D eigenvalue weighted by Gasteiger charge is 2.30. The molecule has 0 unspecified atom stereocenters. The number of hydrogen-bond donors (Lipinski definition) is 1. The fourth-order valence-corrected chi connectivity index (χ4v) is 5.98. The highest BCUT2D eigenvalue weighted by Crippen LogP contribution is 2.30. The summed E-state index contributed by atoms with van der Waals surface area (Å²) in [4.78, 5) is 30.5. The van der Waals surface area contributed by atoms with Crippen molar-refractivity contribution in [2.24, 2.45) is 0 Å². The number of ether oxygens (including phenoxy) is 1. The fraction of sp³-hybridized carbons (Fsp3) is 0.261. The second-order valence-corrected chi connectivity index (χ2v) is 11.3. The molecule has 4 rings (SSSR count). The lowest BCUT2D eigenvalue weighted by Crippen LogP contribution is -2.50. The first-order chi connectivity index (χ1) is 17.2. The van der Waals surface area contributed by atoms with Crippen LogP contribution in [-0.4, -0.2) is 67.4 Å². The molecule has 2 heterocycles. The number of nitrogens with one attached hydrogen (secondary N) is 1. The van der Waals surface area contributed by atoms with Gasteiger partial charge in [0.1, 0.15) is 0 Å². The second-order valence-electron chi connectivity index (χ2n) is 7.74. The molecule has 1 fully saturated rings. The molecule has 0 radical (unpaired) electrons. The summed E-state index contributed by atoms with van der Waals surface area (Å²) in [5, 5.41) is 5.74. The van der Waals surface area contributed by atoms with Crippen LogP contribution in [0.25, 0.3) is 11.3 Å². The highest BCUT2D eigenvalue weighted by molar-refractivity contribution is 7.89. The minimum Gasteiger partial charge on any atom is -0.450 e. The third-order valence-corrected chi connectivity index (χ3v) is 8.87. The Hall–Kier alpha value is -2.70. The summed E-state index contributed by atoms with van der Waals surface area (Å²) in [6, 6.07) is 10.8. The first-order valence-corrected chi connectivity index (χ1v) is 14.0. The number of hydrogen-bond acceptors (Lipinski definition) is 7. The Morgan fingerprint density at radius 3 is 2.39 bits per heavy atom. The van der Waals surface area contributed by atoms with Crippen LogP contribution in [0.1, 0.15) is 17.3 Å².